The van der Waals surface area contributed by atoms with Gasteiger partial charge in [-0.25, -0.2) is 4.39 Å². The molecule has 1 aromatic heterocycles. The molecule has 0 atom stereocenters. The molecule has 0 aliphatic heterocycles. The Morgan fingerprint density at radius 2 is 2.36 bits per heavy atom. The normalized spacial score (nSPS) is 9.18. The molecule has 0 saturated heterocycles. The fraction of sp³-hybridized carbons (Fsp3) is 0.143. The van der Waals surface area contributed by atoms with E-state index in [9.17, 15) is 4.39 Å². The molecule has 1 aromatic rings. The molecule has 4 heteroatoms. The van der Waals surface area contributed by atoms with E-state index in [4.69, 9.17) is 5.26 Å². The second kappa shape index (κ2) is 3.62. The summed E-state index contributed by atoms with van der Waals surface area (Å²) in [4.78, 5) is 3.77. The van der Waals surface area contributed by atoms with E-state index in [-0.39, 0.29) is 12.2 Å². The summed E-state index contributed by atoms with van der Waals surface area (Å²) in [5.41, 5.74) is 0.361. The number of halogens is 2. The van der Waals surface area contributed by atoms with E-state index in [1.165, 1.54) is 12.4 Å². The molecule has 0 bridgehead atoms. The summed E-state index contributed by atoms with van der Waals surface area (Å²) in [7, 11) is 0. The van der Waals surface area contributed by atoms with Gasteiger partial charge in [0.25, 0.3) is 0 Å². The number of nitrogens with zero attached hydrogens (tertiary/aromatic N) is 2. The molecule has 2 nitrogen and oxygen atoms in total. The smallest absolute Gasteiger partial charge is 0.143 e. The van der Waals surface area contributed by atoms with E-state index in [0.717, 1.165) is 0 Å². The van der Waals surface area contributed by atoms with Gasteiger partial charge in [-0.15, -0.1) is 0 Å². The Morgan fingerprint density at radius 3 is 3.00 bits per heavy atom. The maximum atomic E-state index is 13.0. The Balaban J connectivity index is 3.08. The minimum atomic E-state index is -0.331. The summed E-state index contributed by atoms with van der Waals surface area (Å²) >= 11 is 1.84. The Kier molecular flexibility index (Phi) is 2.76. The minimum absolute atomic E-state index is 0.0790. The van der Waals surface area contributed by atoms with Gasteiger partial charge in [-0.05, 0) is 22.6 Å². The first-order chi connectivity index (χ1) is 5.25. The second-order valence-corrected chi connectivity index (χ2v) is 3.09. The van der Waals surface area contributed by atoms with Crippen LogP contribution in [0.15, 0.2) is 12.4 Å². The van der Waals surface area contributed by atoms with Crippen molar-refractivity contribution in [3.05, 3.63) is 27.3 Å². The number of pyridine rings is 1. The lowest BCUT2D eigenvalue weighted by molar-refractivity contribution is 0.604. The molecular weight excluding hydrogens is 258 g/mol. The Hall–Kier alpha value is -0.700. The molecule has 1 heterocycles. The van der Waals surface area contributed by atoms with Gasteiger partial charge in [0.2, 0.25) is 0 Å². The van der Waals surface area contributed by atoms with Crippen LogP contribution in [0, 0.1) is 20.7 Å². The third kappa shape index (κ3) is 1.87. The van der Waals surface area contributed by atoms with Gasteiger partial charge in [0.15, 0.2) is 0 Å². The quantitative estimate of drug-likeness (QED) is 0.724. The Morgan fingerprint density at radius 1 is 1.64 bits per heavy atom. The zero-order valence-electron chi connectivity index (χ0n) is 5.51. The summed E-state index contributed by atoms with van der Waals surface area (Å²) in [6.07, 6.45) is 2.88. The molecule has 1 rings (SSSR count). The van der Waals surface area contributed by atoms with Crippen LogP contribution in [0.25, 0.3) is 0 Å². The van der Waals surface area contributed by atoms with Crippen molar-refractivity contribution < 1.29 is 4.39 Å². The average Bonchev–Trinajstić information content (AvgIpc) is 1.99. The topological polar surface area (TPSA) is 36.7 Å². The molecule has 11 heavy (non-hydrogen) atoms. The van der Waals surface area contributed by atoms with E-state index >= 15 is 0 Å². The lowest BCUT2D eigenvalue weighted by atomic mass is 10.2. The lowest BCUT2D eigenvalue weighted by Gasteiger charge is -1.97. The minimum Gasteiger partial charge on any atom is -0.263 e. The highest BCUT2D eigenvalue weighted by Gasteiger charge is 2.04. The van der Waals surface area contributed by atoms with Crippen LogP contribution in [-0.4, -0.2) is 4.98 Å². The van der Waals surface area contributed by atoms with Crippen molar-refractivity contribution in [2.45, 2.75) is 6.42 Å². The highest BCUT2D eigenvalue weighted by Crippen LogP contribution is 2.12. The molecule has 56 valence electrons. The molecular formula is C7H4FIN2. The van der Waals surface area contributed by atoms with Gasteiger partial charge in [0.1, 0.15) is 5.82 Å². The second-order valence-electron chi connectivity index (χ2n) is 1.93. The molecule has 0 unspecified atom stereocenters. The van der Waals surface area contributed by atoms with Gasteiger partial charge in [-0.2, -0.15) is 5.26 Å². The zero-order valence-corrected chi connectivity index (χ0v) is 7.67. The van der Waals surface area contributed by atoms with E-state index in [1.54, 1.807) is 0 Å². The molecule has 0 N–H and O–H groups in total. The van der Waals surface area contributed by atoms with Crippen LogP contribution in [0.4, 0.5) is 4.39 Å². The number of nitriles is 1. The highest BCUT2D eigenvalue weighted by atomic mass is 127. The summed E-state index contributed by atoms with van der Waals surface area (Å²) in [5.74, 6) is -0.331. The van der Waals surface area contributed by atoms with Crippen molar-refractivity contribution in [1.29, 1.82) is 5.26 Å². The van der Waals surface area contributed by atoms with Gasteiger partial charge >= 0.3 is 0 Å². The fourth-order valence-corrected chi connectivity index (χ4v) is 1.18. The van der Waals surface area contributed by atoms with E-state index in [0.29, 0.717) is 9.13 Å². The van der Waals surface area contributed by atoms with Gasteiger partial charge < -0.3 is 0 Å². The third-order valence-corrected chi connectivity index (χ3v) is 1.93. The first-order valence-electron chi connectivity index (χ1n) is 2.90. The van der Waals surface area contributed by atoms with Crippen molar-refractivity contribution in [3.8, 4) is 6.07 Å². The Labute approximate surface area is 77.2 Å². The molecule has 0 spiro atoms. The van der Waals surface area contributed by atoms with Gasteiger partial charge in [0, 0.05) is 18.0 Å². The lowest BCUT2D eigenvalue weighted by Crippen LogP contribution is -1.93. The summed E-state index contributed by atoms with van der Waals surface area (Å²) in [6.45, 7) is 0. The van der Waals surface area contributed by atoms with Crippen LogP contribution in [-0.2, 0) is 6.42 Å². The third-order valence-electron chi connectivity index (χ3n) is 1.18. The fourth-order valence-electron chi connectivity index (χ4n) is 0.668. The molecule has 0 aliphatic carbocycles. The molecule has 0 aliphatic rings. The van der Waals surface area contributed by atoms with Crippen molar-refractivity contribution in [2.24, 2.45) is 0 Å². The first kappa shape index (κ1) is 8.40. The summed E-state index contributed by atoms with van der Waals surface area (Å²) < 4.78 is 13.4. The number of hydrogen-bond donors (Lipinski definition) is 0. The maximum absolute atomic E-state index is 13.0. The van der Waals surface area contributed by atoms with Gasteiger partial charge in [-0.3, -0.25) is 4.98 Å². The monoisotopic (exact) mass is 262 g/mol. The molecule has 0 aromatic carbocycles. The summed E-state index contributed by atoms with van der Waals surface area (Å²) in [5, 5.41) is 8.29. The Bertz CT molecular complexity index is 306. The van der Waals surface area contributed by atoms with Crippen LogP contribution in [0.3, 0.4) is 0 Å². The van der Waals surface area contributed by atoms with Crippen LogP contribution in [0.5, 0.6) is 0 Å². The van der Waals surface area contributed by atoms with E-state index < -0.39 is 0 Å². The first-order valence-corrected chi connectivity index (χ1v) is 3.98. The predicted molar refractivity (Wildman–Crippen MR) is 46.2 cm³/mol. The number of hydrogen-bond acceptors (Lipinski definition) is 2. The average molecular weight is 262 g/mol. The van der Waals surface area contributed by atoms with Gasteiger partial charge in [-0.1, -0.05) is 0 Å². The number of aromatic nitrogens is 1. The SMILES string of the molecule is N#CCc1cncc(I)c1F. The standard InChI is InChI=1S/C7H4FIN2/c8-7-5(1-2-10)3-11-4-6(7)9/h3-4H,1H2. The molecule has 0 fully saturated rings. The zero-order chi connectivity index (χ0) is 8.27. The highest BCUT2D eigenvalue weighted by molar-refractivity contribution is 14.1. The largest absolute Gasteiger partial charge is 0.263 e. The van der Waals surface area contributed by atoms with Crippen LogP contribution < -0.4 is 0 Å². The molecule has 0 amide bonds. The van der Waals surface area contributed by atoms with E-state index in [1.807, 2.05) is 28.7 Å². The van der Waals surface area contributed by atoms with Crippen molar-refractivity contribution in [2.75, 3.05) is 0 Å². The molecule has 0 radical (unpaired) electrons. The van der Waals surface area contributed by atoms with Gasteiger partial charge in [0.05, 0.1) is 16.1 Å². The van der Waals surface area contributed by atoms with Crippen LogP contribution in [0.1, 0.15) is 5.56 Å². The van der Waals surface area contributed by atoms with Crippen molar-refractivity contribution >= 4 is 22.6 Å². The van der Waals surface area contributed by atoms with E-state index in [2.05, 4.69) is 4.98 Å². The van der Waals surface area contributed by atoms with Crippen molar-refractivity contribution in [3.63, 3.8) is 0 Å². The predicted octanol–water partition coefficient (Wildman–Crippen LogP) is 1.89. The van der Waals surface area contributed by atoms with Crippen molar-refractivity contribution in [1.82, 2.24) is 4.98 Å². The van der Waals surface area contributed by atoms with Crippen LogP contribution in [0.2, 0.25) is 0 Å². The number of rotatable bonds is 1. The van der Waals surface area contributed by atoms with Crippen LogP contribution >= 0.6 is 22.6 Å². The summed E-state index contributed by atoms with van der Waals surface area (Å²) in [6, 6.07) is 1.87. The molecule has 0 saturated carbocycles. The maximum Gasteiger partial charge on any atom is 0.143 e.